The molecule has 31 heavy (non-hydrogen) atoms. The average molecular weight is 426 g/mol. The minimum Gasteiger partial charge on any atom is -0.491 e. The zero-order chi connectivity index (χ0) is 22.0. The number of imide groups is 1. The molecule has 8 heteroatoms. The Labute approximate surface area is 180 Å². The molecule has 2 aliphatic rings. The molecule has 164 valence electrons. The molecule has 0 bridgehead atoms. The first-order valence-corrected chi connectivity index (χ1v) is 10.3. The van der Waals surface area contributed by atoms with Gasteiger partial charge in [0.2, 0.25) is 0 Å². The summed E-state index contributed by atoms with van der Waals surface area (Å²) in [6.45, 7) is 4.39. The molecule has 1 fully saturated rings. The van der Waals surface area contributed by atoms with Gasteiger partial charge >= 0.3 is 6.03 Å². The van der Waals surface area contributed by atoms with Crippen molar-refractivity contribution in [3.63, 3.8) is 0 Å². The molecule has 2 aromatic carbocycles. The van der Waals surface area contributed by atoms with Gasteiger partial charge in [0, 0.05) is 0 Å². The Kier molecular flexibility index (Phi) is 5.73. The Morgan fingerprint density at radius 3 is 2.55 bits per heavy atom. The number of β-amino-alcohol motifs (C(OH)–C–C–N with tert-alkyl or cyclic N) is 1. The third-order valence-electron chi connectivity index (χ3n) is 5.56. The minimum absolute atomic E-state index is 0.0384. The van der Waals surface area contributed by atoms with Crippen LogP contribution in [0.3, 0.4) is 0 Å². The highest BCUT2D eigenvalue weighted by molar-refractivity contribution is 6.07. The Morgan fingerprint density at radius 1 is 1.13 bits per heavy atom. The number of rotatable bonds is 7. The van der Waals surface area contributed by atoms with Crippen molar-refractivity contribution in [1.29, 1.82) is 0 Å². The molecule has 2 atom stereocenters. The van der Waals surface area contributed by atoms with Gasteiger partial charge in [-0.05, 0) is 48.7 Å². The van der Waals surface area contributed by atoms with E-state index >= 15 is 0 Å². The summed E-state index contributed by atoms with van der Waals surface area (Å²) < 4.78 is 16.7. The largest absolute Gasteiger partial charge is 0.491 e. The Hall–Kier alpha value is -3.26. The summed E-state index contributed by atoms with van der Waals surface area (Å²) in [5.74, 6) is 1.31. The Morgan fingerprint density at radius 2 is 1.84 bits per heavy atom. The Bertz CT molecular complexity index is 977. The van der Waals surface area contributed by atoms with E-state index in [2.05, 4.69) is 12.2 Å². The van der Waals surface area contributed by atoms with E-state index < -0.39 is 23.6 Å². The van der Waals surface area contributed by atoms with Crippen LogP contribution in [0.25, 0.3) is 0 Å². The molecule has 0 aromatic heterocycles. The summed E-state index contributed by atoms with van der Waals surface area (Å²) in [6, 6.07) is 12.2. The van der Waals surface area contributed by atoms with Crippen molar-refractivity contribution in [2.24, 2.45) is 0 Å². The number of carbonyl (C=O) groups is 2. The third kappa shape index (κ3) is 4.16. The second-order valence-electron chi connectivity index (χ2n) is 7.79. The molecule has 8 nitrogen and oxygen atoms in total. The van der Waals surface area contributed by atoms with Crippen LogP contribution in [0.15, 0.2) is 42.5 Å². The molecule has 2 aliphatic heterocycles. The molecule has 0 saturated carbocycles. The first-order valence-electron chi connectivity index (χ1n) is 10.3. The number of nitrogens with one attached hydrogen (secondary N) is 1. The smallest absolute Gasteiger partial charge is 0.325 e. The molecule has 3 amide bonds. The van der Waals surface area contributed by atoms with E-state index in [-0.39, 0.29) is 13.2 Å². The van der Waals surface area contributed by atoms with Crippen molar-refractivity contribution >= 4 is 11.9 Å². The molecule has 2 aromatic rings. The quantitative estimate of drug-likeness (QED) is 0.659. The number of hydrogen-bond acceptors (Lipinski definition) is 6. The second-order valence-corrected chi connectivity index (χ2v) is 7.79. The first-order chi connectivity index (χ1) is 14.9. The molecule has 2 unspecified atom stereocenters. The lowest BCUT2D eigenvalue weighted by Gasteiger charge is -2.25. The van der Waals surface area contributed by atoms with Crippen LogP contribution < -0.4 is 19.5 Å². The number of nitrogens with zero attached hydrogens (tertiary/aromatic N) is 1. The molecule has 4 rings (SSSR count). The standard InChI is InChI=1S/C23H26N2O6/c1-3-15-4-7-18(8-5-15)31-14-17(26)13-25-21(27)23(2,24-22(25)28)16-6-9-19-20(12-16)30-11-10-29-19/h4-9,12,17,26H,3,10-11,13-14H2,1-2H3,(H,24,28). The maximum atomic E-state index is 13.1. The van der Waals surface area contributed by atoms with Crippen molar-refractivity contribution in [2.75, 3.05) is 26.4 Å². The summed E-state index contributed by atoms with van der Waals surface area (Å²) in [7, 11) is 0. The van der Waals surface area contributed by atoms with E-state index in [9.17, 15) is 14.7 Å². The van der Waals surface area contributed by atoms with Gasteiger partial charge in [0.25, 0.3) is 5.91 Å². The van der Waals surface area contributed by atoms with Gasteiger partial charge in [-0.15, -0.1) is 0 Å². The normalized spacial score (nSPS) is 21.1. The van der Waals surface area contributed by atoms with Gasteiger partial charge in [0.1, 0.15) is 37.2 Å². The molecular formula is C23H26N2O6. The van der Waals surface area contributed by atoms with Gasteiger partial charge in [-0.25, -0.2) is 4.79 Å². The lowest BCUT2D eigenvalue weighted by Crippen LogP contribution is -2.42. The monoisotopic (exact) mass is 426 g/mol. The molecule has 2 N–H and O–H groups in total. The summed E-state index contributed by atoms with van der Waals surface area (Å²) in [4.78, 5) is 26.7. The fraction of sp³-hybridized carbons (Fsp3) is 0.391. The number of aliphatic hydroxyl groups excluding tert-OH is 1. The van der Waals surface area contributed by atoms with Gasteiger partial charge in [-0.2, -0.15) is 0 Å². The number of amides is 3. The molecular weight excluding hydrogens is 400 g/mol. The van der Waals surface area contributed by atoms with Crippen molar-refractivity contribution in [3.8, 4) is 17.2 Å². The van der Waals surface area contributed by atoms with Crippen LogP contribution in [-0.2, 0) is 16.8 Å². The summed E-state index contributed by atoms with van der Waals surface area (Å²) in [5, 5.41) is 13.1. The second kappa shape index (κ2) is 8.47. The summed E-state index contributed by atoms with van der Waals surface area (Å²) in [6.07, 6.45) is -0.0970. The van der Waals surface area contributed by atoms with Gasteiger partial charge in [0.15, 0.2) is 11.5 Å². The zero-order valence-corrected chi connectivity index (χ0v) is 17.6. The molecule has 1 saturated heterocycles. The number of urea groups is 1. The SMILES string of the molecule is CCc1ccc(OCC(O)CN2C(=O)NC(C)(c3ccc4c(c3)OCCO4)C2=O)cc1. The van der Waals surface area contributed by atoms with Crippen LogP contribution in [0.4, 0.5) is 4.79 Å². The van der Waals surface area contributed by atoms with E-state index in [0.717, 1.165) is 11.3 Å². The summed E-state index contributed by atoms with van der Waals surface area (Å²) in [5.41, 5.74) is 0.508. The van der Waals surface area contributed by atoms with Crippen molar-refractivity contribution in [1.82, 2.24) is 10.2 Å². The van der Waals surface area contributed by atoms with Gasteiger partial charge < -0.3 is 24.6 Å². The number of aliphatic hydroxyl groups is 1. The lowest BCUT2D eigenvalue weighted by molar-refractivity contribution is -0.132. The van der Waals surface area contributed by atoms with Gasteiger partial charge in [-0.3, -0.25) is 9.69 Å². The van der Waals surface area contributed by atoms with Gasteiger partial charge in [0.05, 0.1) is 6.54 Å². The predicted octanol–water partition coefficient (Wildman–Crippen LogP) is 2.23. The Balaban J connectivity index is 1.41. The number of fused-ring (bicyclic) bond motifs is 1. The fourth-order valence-electron chi connectivity index (χ4n) is 3.69. The van der Waals surface area contributed by atoms with E-state index in [1.165, 1.54) is 5.56 Å². The van der Waals surface area contributed by atoms with Crippen LogP contribution >= 0.6 is 0 Å². The highest BCUT2D eigenvalue weighted by Gasteiger charge is 2.49. The van der Waals surface area contributed by atoms with Crippen LogP contribution in [0.1, 0.15) is 25.0 Å². The van der Waals surface area contributed by atoms with Gasteiger partial charge in [-0.1, -0.05) is 25.1 Å². The van der Waals surface area contributed by atoms with Crippen LogP contribution in [-0.4, -0.2) is 54.4 Å². The maximum absolute atomic E-state index is 13.1. The zero-order valence-electron chi connectivity index (χ0n) is 17.6. The first kappa shape index (κ1) is 21.0. The van der Waals surface area contributed by atoms with Crippen molar-refractivity contribution in [3.05, 3.63) is 53.6 Å². The molecule has 0 radical (unpaired) electrons. The van der Waals surface area contributed by atoms with Crippen LogP contribution in [0.2, 0.25) is 0 Å². The van der Waals surface area contributed by atoms with Crippen molar-refractivity contribution in [2.45, 2.75) is 31.9 Å². The average Bonchev–Trinajstić information content (AvgIpc) is 3.01. The number of ether oxygens (including phenoxy) is 3. The number of carbonyl (C=O) groups excluding carboxylic acids is 2. The number of aryl methyl sites for hydroxylation is 1. The topological polar surface area (TPSA) is 97.3 Å². The number of hydrogen-bond donors (Lipinski definition) is 2. The van der Waals surface area contributed by atoms with E-state index in [0.29, 0.717) is 36.0 Å². The predicted molar refractivity (Wildman–Crippen MR) is 112 cm³/mol. The van der Waals surface area contributed by atoms with Crippen LogP contribution in [0.5, 0.6) is 17.2 Å². The highest BCUT2D eigenvalue weighted by atomic mass is 16.6. The third-order valence-corrected chi connectivity index (χ3v) is 5.56. The van der Waals surface area contributed by atoms with E-state index in [4.69, 9.17) is 14.2 Å². The molecule has 0 spiro atoms. The lowest BCUT2D eigenvalue weighted by atomic mass is 9.91. The minimum atomic E-state index is -1.26. The number of benzene rings is 2. The van der Waals surface area contributed by atoms with E-state index in [1.54, 1.807) is 25.1 Å². The molecule has 2 heterocycles. The van der Waals surface area contributed by atoms with Crippen molar-refractivity contribution < 1.29 is 28.9 Å². The maximum Gasteiger partial charge on any atom is 0.325 e. The fourth-order valence-corrected chi connectivity index (χ4v) is 3.69. The van der Waals surface area contributed by atoms with E-state index in [1.807, 2.05) is 24.3 Å². The van der Waals surface area contributed by atoms with Crippen LogP contribution in [0, 0.1) is 0 Å². The summed E-state index contributed by atoms with van der Waals surface area (Å²) >= 11 is 0. The highest BCUT2D eigenvalue weighted by Crippen LogP contribution is 2.36. The molecule has 0 aliphatic carbocycles.